The molecule has 1 atom stereocenters. The van der Waals surface area contributed by atoms with Crippen LogP contribution in [0.2, 0.25) is 0 Å². The van der Waals surface area contributed by atoms with Crippen molar-refractivity contribution in [3.8, 4) is 5.88 Å². The number of hydrogen-bond donors (Lipinski definition) is 1. The number of rotatable bonds is 3. The number of pyridine rings is 1. The number of H-pyrrole nitrogens is 1. The highest BCUT2D eigenvalue weighted by molar-refractivity contribution is 5.92. The van der Waals surface area contributed by atoms with Crippen molar-refractivity contribution in [3.05, 3.63) is 42.4 Å². The Morgan fingerprint density at radius 3 is 3.00 bits per heavy atom. The molecule has 2 fully saturated rings. The predicted molar refractivity (Wildman–Crippen MR) is 81.1 cm³/mol. The number of aromatic amines is 1. The largest absolute Gasteiger partial charge is 0.474 e. The molecule has 23 heavy (non-hydrogen) atoms. The molecule has 1 amide bonds. The van der Waals surface area contributed by atoms with E-state index in [1.54, 1.807) is 23.4 Å². The minimum Gasteiger partial charge on any atom is -0.474 e. The Morgan fingerprint density at radius 1 is 1.35 bits per heavy atom. The first-order chi connectivity index (χ1) is 11.2. The summed E-state index contributed by atoms with van der Waals surface area (Å²) < 4.78 is 11.9. The van der Waals surface area contributed by atoms with Gasteiger partial charge in [0.2, 0.25) is 5.88 Å². The van der Waals surface area contributed by atoms with Crippen LogP contribution in [0, 0.1) is 0 Å². The van der Waals surface area contributed by atoms with Gasteiger partial charge in [-0.1, -0.05) is 6.07 Å². The zero-order chi connectivity index (χ0) is 15.7. The van der Waals surface area contributed by atoms with E-state index in [1.807, 2.05) is 18.2 Å². The molecule has 4 heterocycles. The van der Waals surface area contributed by atoms with Crippen molar-refractivity contribution in [1.82, 2.24) is 20.1 Å². The van der Waals surface area contributed by atoms with Crippen LogP contribution in [0.1, 0.15) is 23.3 Å². The lowest BCUT2D eigenvalue weighted by atomic mass is 9.84. The topological polar surface area (TPSA) is 80.3 Å². The van der Waals surface area contributed by atoms with Gasteiger partial charge in [0.25, 0.3) is 5.91 Å². The van der Waals surface area contributed by atoms with Gasteiger partial charge >= 0.3 is 0 Å². The molecule has 2 aliphatic heterocycles. The molecule has 4 rings (SSSR count). The highest BCUT2D eigenvalue weighted by Gasteiger charge is 2.50. The molecule has 120 valence electrons. The van der Waals surface area contributed by atoms with Gasteiger partial charge < -0.3 is 14.4 Å². The van der Waals surface area contributed by atoms with Crippen LogP contribution in [-0.2, 0) is 4.74 Å². The zero-order valence-electron chi connectivity index (χ0n) is 12.6. The van der Waals surface area contributed by atoms with E-state index >= 15 is 0 Å². The Balaban J connectivity index is 1.36. The number of nitrogens with one attached hydrogen (secondary N) is 1. The van der Waals surface area contributed by atoms with Gasteiger partial charge in [-0.2, -0.15) is 5.10 Å². The van der Waals surface area contributed by atoms with Gasteiger partial charge in [0.1, 0.15) is 17.4 Å². The molecule has 0 aliphatic carbocycles. The van der Waals surface area contributed by atoms with Crippen LogP contribution >= 0.6 is 0 Å². The molecule has 1 N–H and O–H groups in total. The van der Waals surface area contributed by atoms with E-state index in [0.717, 1.165) is 12.8 Å². The highest BCUT2D eigenvalue weighted by Crippen LogP contribution is 2.36. The molecule has 0 unspecified atom stereocenters. The molecule has 2 aliphatic rings. The summed E-state index contributed by atoms with van der Waals surface area (Å²) in [6.45, 7) is 1.82. The summed E-state index contributed by atoms with van der Waals surface area (Å²) in [4.78, 5) is 18.2. The maximum Gasteiger partial charge on any atom is 0.272 e. The molecular weight excluding hydrogens is 296 g/mol. The third-order valence-electron chi connectivity index (χ3n) is 4.35. The second kappa shape index (κ2) is 5.66. The van der Waals surface area contributed by atoms with Crippen molar-refractivity contribution in [1.29, 1.82) is 0 Å². The first-order valence-corrected chi connectivity index (χ1v) is 7.74. The fourth-order valence-corrected chi connectivity index (χ4v) is 3.23. The number of carbonyl (C=O) groups excluding carboxylic acids is 1. The van der Waals surface area contributed by atoms with E-state index in [-0.39, 0.29) is 17.6 Å². The molecule has 1 spiro atoms. The number of amides is 1. The summed E-state index contributed by atoms with van der Waals surface area (Å²) in [5.41, 5.74) is 0.227. The maximum absolute atomic E-state index is 12.2. The van der Waals surface area contributed by atoms with Crippen molar-refractivity contribution in [2.75, 3.05) is 19.7 Å². The molecular formula is C16H18N4O3. The second-order valence-corrected chi connectivity index (χ2v) is 6.06. The molecule has 7 heteroatoms. The van der Waals surface area contributed by atoms with Gasteiger partial charge in [-0.05, 0) is 12.1 Å². The lowest BCUT2D eigenvalue weighted by Gasteiger charge is -2.52. The summed E-state index contributed by atoms with van der Waals surface area (Å²) in [5.74, 6) is 0.601. The quantitative estimate of drug-likeness (QED) is 0.922. The van der Waals surface area contributed by atoms with Crippen molar-refractivity contribution in [2.45, 2.75) is 24.5 Å². The Morgan fingerprint density at radius 2 is 2.26 bits per heavy atom. The number of carbonyl (C=O) groups is 1. The van der Waals surface area contributed by atoms with E-state index in [2.05, 4.69) is 15.2 Å². The summed E-state index contributed by atoms with van der Waals surface area (Å²) in [7, 11) is 0. The first-order valence-electron chi connectivity index (χ1n) is 7.74. The highest BCUT2D eigenvalue weighted by atomic mass is 16.5. The average molecular weight is 314 g/mol. The number of nitrogens with zero attached hydrogens (tertiary/aromatic N) is 3. The Bertz CT molecular complexity index is 668. The molecule has 7 nitrogen and oxygen atoms in total. The predicted octanol–water partition coefficient (Wildman–Crippen LogP) is 1.26. The lowest BCUT2D eigenvalue weighted by molar-refractivity contribution is -0.174. The van der Waals surface area contributed by atoms with E-state index < -0.39 is 0 Å². The van der Waals surface area contributed by atoms with Crippen molar-refractivity contribution < 1.29 is 14.3 Å². The van der Waals surface area contributed by atoms with Gasteiger partial charge in [0.05, 0.1) is 19.7 Å². The van der Waals surface area contributed by atoms with Gasteiger partial charge in [-0.25, -0.2) is 4.98 Å². The molecule has 2 aromatic heterocycles. The SMILES string of the molecule is O=C(c1ccn[nH]1)N1CC2(C[C@H](Oc3ccccn3)CCO2)C1. The van der Waals surface area contributed by atoms with Crippen LogP contribution in [0.5, 0.6) is 5.88 Å². The van der Waals surface area contributed by atoms with Gasteiger partial charge in [-0.3, -0.25) is 9.89 Å². The number of hydrogen-bond acceptors (Lipinski definition) is 5. The van der Waals surface area contributed by atoms with E-state index in [0.29, 0.717) is 31.3 Å². The van der Waals surface area contributed by atoms with E-state index in [4.69, 9.17) is 9.47 Å². The summed E-state index contributed by atoms with van der Waals surface area (Å²) in [5, 5.41) is 6.52. The number of aromatic nitrogens is 3. The van der Waals surface area contributed by atoms with Crippen LogP contribution in [0.25, 0.3) is 0 Å². The third kappa shape index (κ3) is 2.79. The Kier molecular flexibility index (Phi) is 3.49. The van der Waals surface area contributed by atoms with Crippen molar-refractivity contribution in [3.63, 3.8) is 0 Å². The van der Waals surface area contributed by atoms with Crippen molar-refractivity contribution >= 4 is 5.91 Å². The van der Waals surface area contributed by atoms with Crippen LogP contribution in [0.4, 0.5) is 0 Å². The van der Waals surface area contributed by atoms with Gasteiger partial charge in [0, 0.05) is 31.3 Å². The Hall–Kier alpha value is -2.41. The van der Waals surface area contributed by atoms with E-state index in [9.17, 15) is 4.79 Å². The summed E-state index contributed by atoms with van der Waals surface area (Å²) in [6, 6.07) is 7.31. The second-order valence-electron chi connectivity index (χ2n) is 6.06. The monoisotopic (exact) mass is 314 g/mol. The molecule has 0 radical (unpaired) electrons. The minimum absolute atomic E-state index is 0.0375. The third-order valence-corrected chi connectivity index (χ3v) is 4.35. The van der Waals surface area contributed by atoms with Gasteiger partial charge in [-0.15, -0.1) is 0 Å². The summed E-state index contributed by atoms with van der Waals surface area (Å²) >= 11 is 0. The fraction of sp³-hybridized carbons (Fsp3) is 0.438. The Labute approximate surface area is 133 Å². The summed E-state index contributed by atoms with van der Waals surface area (Å²) in [6.07, 6.45) is 4.99. The van der Waals surface area contributed by atoms with Crippen molar-refractivity contribution in [2.24, 2.45) is 0 Å². The fourth-order valence-electron chi connectivity index (χ4n) is 3.23. The molecule has 0 aromatic carbocycles. The smallest absolute Gasteiger partial charge is 0.272 e. The van der Waals surface area contributed by atoms with Crippen LogP contribution < -0.4 is 4.74 Å². The number of ether oxygens (including phenoxy) is 2. The van der Waals surface area contributed by atoms with Gasteiger partial charge in [0.15, 0.2) is 0 Å². The molecule has 0 bridgehead atoms. The zero-order valence-corrected chi connectivity index (χ0v) is 12.6. The normalized spacial score (nSPS) is 22.6. The minimum atomic E-state index is -0.284. The molecule has 2 aromatic rings. The number of likely N-dealkylation sites (tertiary alicyclic amines) is 1. The maximum atomic E-state index is 12.2. The van der Waals surface area contributed by atoms with E-state index in [1.165, 1.54) is 0 Å². The molecule has 0 saturated carbocycles. The standard InChI is InChI=1S/C16H18N4O3/c21-15(13-4-7-18-19-13)20-10-16(11-20)9-12(5-8-22-16)23-14-3-1-2-6-17-14/h1-4,6-7,12H,5,8-11H2,(H,18,19)/t12-/m1/s1. The molecule has 2 saturated heterocycles. The first kappa shape index (κ1) is 14.2. The van der Waals surface area contributed by atoms with Crippen LogP contribution in [0.3, 0.4) is 0 Å². The van der Waals surface area contributed by atoms with Crippen LogP contribution in [0.15, 0.2) is 36.7 Å². The lowest BCUT2D eigenvalue weighted by Crippen LogP contribution is -2.67. The average Bonchev–Trinajstić information content (AvgIpc) is 3.07. The van der Waals surface area contributed by atoms with Crippen LogP contribution in [-0.4, -0.2) is 57.4 Å².